The zero-order valence-corrected chi connectivity index (χ0v) is 13.0. The summed E-state index contributed by atoms with van der Waals surface area (Å²) in [6.07, 6.45) is 7.70. The lowest BCUT2D eigenvalue weighted by atomic mass is 10.3. The molecule has 0 saturated carbocycles. The molecule has 0 radical (unpaired) electrons. The van der Waals surface area contributed by atoms with E-state index in [9.17, 15) is 0 Å². The van der Waals surface area contributed by atoms with Crippen LogP contribution < -0.4 is 0 Å². The van der Waals surface area contributed by atoms with Crippen LogP contribution in [0.25, 0.3) is 0 Å². The van der Waals surface area contributed by atoms with Gasteiger partial charge in [-0.1, -0.05) is 24.3 Å². The van der Waals surface area contributed by atoms with Crippen molar-refractivity contribution in [1.29, 1.82) is 0 Å². The Kier molecular flexibility index (Phi) is 15.3. The number of hydrogen-bond acceptors (Lipinski definition) is 2. The van der Waals surface area contributed by atoms with E-state index in [1.54, 1.807) is 0 Å². The Morgan fingerprint density at radius 1 is 0.588 bits per heavy atom. The van der Waals surface area contributed by atoms with E-state index in [0.717, 1.165) is 39.3 Å². The molecule has 2 nitrogen and oxygen atoms in total. The summed E-state index contributed by atoms with van der Waals surface area (Å²) in [7, 11) is 0. The predicted octanol–water partition coefficient (Wildman–Crippen LogP) is 2.95. The van der Waals surface area contributed by atoms with Gasteiger partial charge in [0.05, 0.1) is 0 Å². The summed E-state index contributed by atoms with van der Waals surface area (Å²) in [5, 5.41) is 0. The highest BCUT2D eigenvalue weighted by atomic mass is 127. The Bertz CT molecular complexity index is 182. The third-order valence-corrected chi connectivity index (χ3v) is 2.28. The monoisotopic (exact) mass is 348 g/mol. The molecule has 0 amide bonds. The zero-order chi connectivity index (χ0) is 12.2. The lowest BCUT2D eigenvalue weighted by Crippen LogP contribution is -2.35. The minimum Gasteiger partial charge on any atom is -0.295 e. The van der Waals surface area contributed by atoms with Crippen molar-refractivity contribution in [3.63, 3.8) is 0 Å². The van der Waals surface area contributed by atoms with Gasteiger partial charge < -0.3 is 0 Å². The third-order valence-electron chi connectivity index (χ3n) is 2.28. The maximum atomic E-state index is 3.76. The first-order valence-electron chi connectivity index (χ1n) is 5.66. The minimum absolute atomic E-state index is 0. The van der Waals surface area contributed by atoms with E-state index in [2.05, 4.69) is 36.1 Å². The minimum atomic E-state index is 0. The molecular weight excluding hydrogens is 323 g/mol. The summed E-state index contributed by atoms with van der Waals surface area (Å²) < 4.78 is 0. The largest absolute Gasteiger partial charge is 0.295 e. The highest BCUT2D eigenvalue weighted by Crippen LogP contribution is 1.94. The molecule has 0 rings (SSSR count). The van der Waals surface area contributed by atoms with Crippen LogP contribution >= 0.6 is 24.0 Å². The first-order valence-corrected chi connectivity index (χ1v) is 5.66. The van der Waals surface area contributed by atoms with Gasteiger partial charge in [0.1, 0.15) is 0 Å². The van der Waals surface area contributed by atoms with Crippen LogP contribution in [0.3, 0.4) is 0 Å². The van der Waals surface area contributed by atoms with E-state index in [1.807, 2.05) is 24.3 Å². The van der Waals surface area contributed by atoms with E-state index < -0.39 is 0 Å². The molecule has 0 aliphatic heterocycles. The summed E-state index contributed by atoms with van der Waals surface area (Å²) in [4.78, 5) is 4.61. The Morgan fingerprint density at radius 2 is 0.824 bits per heavy atom. The molecule has 0 aromatic heterocycles. The number of rotatable bonds is 11. The van der Waals surface area contributed by atoms with Crippen molar-refractivity contribution in [3.05, 3.63) is 50.6 Å². The van der Waals surface area contributed by atoms with Crippen molar-refractivity contribution >= 4 is 24.0 Å². The first-order chi connectivity index (χ1) is 7.78. The van der Waals surface area contributed by atoms with E-state index in [-0.39, 0.29) is 24.0 Å². The summed E-state index contributed by atoms with van der Waals surface area (Å²) in [6.45, 7) is 20.7. The van der Waals surface area contributed by atoms with Crippen molar-refractivity contribution in [2.24, 2.45) is 0 Å². The molecule has 0 atom stereocenters. The Balaban J connectivity index is 0. The van der Waals surface area contributed by atoms with Crippen molar-refractivity contribution in [3.8, 4) is 0 Å². The molecule has 0 aromatic carbocycles. The molecule has 17 heavy (non-hydrogen) atoms. The SMILES string of the molecule is C=CCN(CC=C)CCN(CC=C)CC=C.I. The van der Waals surface area contributed by atoms with Crippen molar-refractivity contribution < 1.29 is 0 Å². The lowest BCUT2D eigenvalue weighted by molar-refractivity contribution is 0.255. The van der Waals surface area contributed by atoms with Crippen LogP contribution in [0.5, 0.6) is 0 Å². The maximum Gasteiger partial charge on any atom is 0.0164 e. The molecule has 0 spiro atoms. The van der Waals surface area contributed by atoms with Gasteiger partial charge in [0.25, 0.3) is 0 Å². The standard InChI is InChI=1S/C14H24N2.HI/c1-5-9-15(10-6-2)13-14-16(11-7-3)12-8-4;/h5-8H,1-4,9-14H2;1H. The molecule has 0 heterocycles. The van der Waals surface area contributed by atoms with E-state index >= 15 is 0 Å². The Hall–Kier alpha value is -0.390. The fourth-order valence-corrected chi connectivity index (χ4v) is 1.53. The van der Waals surface area contributed by atoms with Gasteiger partial charge in [-0.15, -0.1) is 50.3 Å². The Labute approximate surface area is 123 Å². The van der Waals surface area contributed by atoms with Crippen LogP contribution in [-0.2, 0) is 0 Å². The average Bonchev–Trinajstić information content (AvgIpc) is 2.27. The Morgan fingerprint density at radius 3 is 1.00 bits per heavy atom. The number of halogens is 1. The predicted molar refractivity (Wildman–Crippen MR) is 89.1 cm³/mol. The van der Waals surface area contributed by atoms with Gasteiger partial charge in [0.15, 0.2) is 0 Å². The van der Waals surface area contributed by atoms with Gasteiger partial charge in [-0.2, -0.15) is 0 Å². The second-order valence-electron chi connectivity index (χ2n) is 3.67. The normalized spacial score (nSPS) is 9.76. The number of hydrogen-bond donors (Lipinski definition) is 0. The first kappa shape index (κ1) is 19.0. The van der Waals surface area contributed by atoms with E-state index in [4.69, 9.17) is 0 Å². The number of nitrogens with zero attached hydrogens (tertiary/aromatic N) is 2. The third kappa shape index (κ3) is 10.5. The van der Waals surface area contributed by atoms with Crippen molar-refractivity contribution in [2.45, 2.75) is 0 Å². The highest BCUT2D eigenvalue weighted by Gasteiger charge is 2.04. The smallest absolute Gasteiger partial charge is 0.0164 e. The van der Waals surface area contributed by atoms with Gasteiger partial charge in [-0.05, 0) is 0 Å². The topological polar surface area (TPSA) is 6.48 Å². The fraction of sp³-hybridized carbons (Fsp3) is 0.429. The molecule has 0 bridgehead atoms. The maximum absolute atomic E-state index is 3.76. The van der Waals surface area contributed by atoms with Crippen LogP contribution in [0.2, 0.25) is 0 Å². The molecule has 0 aliphatic rings. The fourth-order valence-electron chi connectivity index (χ4n) is 1.53. The second kappa shape index (κ2) is 13.7. The van der Waals surface area contributed by atoms with Gasteiger partial charge >= 0.3 is 0 Å². The molecule has 3 heteroatoms. The van der Waals surface area contributed by atoms with Crippen LogP contribution in [0.4, 0.5) is 0 Å². The summed E-state index contributed by atoms with van der Waals surface area (Å²) >= 11 is 0. The van der Waals surface area contributed by atoms with Crippen LogP contribution in [0.1, 0.15) is 0 Å². The highest BCUT2D eigenvalue weighted by molar-refractivity contribution is 14.0. The molecule has 0 fully saturated rings. The van der Waals surface area contributed by atoms with E-state index in [0.29, 0.717) is 0 Å². The molecule has 0 unspecified atom stereocenters. The van der Waals surface area contributed by atoms with Gasteiger partial charge in [0, 0.05) is 39.3 Å². The zero-order valence-electron chi connectivity index (χ0n) is 10.7. The summed E-state index contributed by atoms with van der Waals surface area (Å²) in [5.74, 6) is 0. The van der Waals surface area contributed by atoms with Gasteiger partial charge in [0.2, 0.25) is 0 Å². The average molecular weight is 348 g/mol. The summed E-state index contributed by atoms with van der Waals surface area (Å²) in [6, 6.07) is 0. The molecule has 98 valence electrons. The second-order valence-corrected chi connectivity index (χ2v) is 3.67. The van der Waals surface area contributed by atoms with Gasteiger partial charge in [-0.25, -0.2) is 0 Å². The van der Waals surface area contributed by atoms with Crippen LogP contribution in [0, 0.1) is 0 Å². The van der Waals surface area contributed by atoms with Crippen molar-refractivity contribution in [2.75, 3.05) is 39.3 Å². The molecule has 0 saturated heterocycles. The van der Waals surface area contributed by atoms with E-state index in [1.165, 1.54) is 0 Å². The quantitative estimate of drug-likeness (QED) is 0.418. The van der Waals surface area contributed by atoms with Crippen LogP contribution in [-0.4, -0.2) is 49.1 Å². The lowest BCUT2D eigenvalue weighted by Gasteiger charge is -2.24. The molecule has 0 aromatic rings. The summed E-state index contributed by atoms with van der Waals surface area (Å²) in [5.41, 5.74) is 0. The van der Waals surface area contributed by atoms with Crippen LogP contribution in [0.15, 0.2) is 50.6 Å². The molecular formula is C14H25IN2. The van der Waals surface area contributed by atoms with Crippen molar-refractivity contribution in [1.82, 2.24) is 9.80 Å². The van der Waals surface area contributed by atoms with Gasteiger partial charge in [-0.3, -0.25) is 9.80 Å². The molecule has 0 N–H and O–H groups in total. The molecule has 0 aliphatic carbocycles.